The van der Waals surface area contributed by atoms with Crippen LogP contribution < -0.4 is 5.73 Å². The van der Waals surface area contributed by atoms with Gasteiger partial charge in [-0.3, -0.25) is 0 Å². The predicted octanol–water partition coefficient (Wildman–Crippen LogP) is 3.37. The summed E-state index contributed by atoms with van der Waals surface area (Å²) in [5.41, 5.74) is 5.50. The molecule has 1 heterocycles. The van der Waals surface area contributed by atoms with Gasteiger partial charge in [-0.2, -0.15) is 5.10 Å². The van der Waals surface area contributed by atoms with E-state index in [0.717, 1.165) is 22.9 Å². The molecule has 0 spiro atoms. The lowest BCUT2D eigenvalue weighted by atomic mass is 10.3. The average Bonchev–Trinajstić information content (AvgIpc) is 2.72. The zero-order valence-corrected chi connectivity index (χ0v) is 11.0. The molecule has 0 unspecified atom stereocenters. The fraction of sp³-hybridized carbons (Fsp3) is 0.250. The number of nitrogens with zero attached hydrogens (tertiary/aromatic N) is 2. The van der Waals surface area contributed by atoms with E-state index < -0.39 is 17.5 Å². The highest BCUT2D eigenvalue weighted by Gasteiger charge is 2.15. The molecule has 2 N–H and O–H groups in total. The van der Waals surface area contributed by atoms with Crippen LogP contribution in [0.1, 0.15) is 13.3 Å². The Labute approximate surface area is 112 Å². The number of nitrogens with two attached hydrogens (primary N) is 1. The van der Waals surface area contributed by atoms with Gasteiger partial charge >= 0.3 is 0 Å². The summed E-state index contributed by atoms with van der Waals surface area (Å²) < 4.78 is 40.7. The molecule has 1 aromatic heterocycles. The van der Waals surface area contributed by atoms with E-state index in [0.29, 0.717) is 11.1 Å². The molecule has 0 aliphatic carbocycles. The number of aromatic nitrogens is 2. The van der Waals surface area contributed by atoms with E-state index in [9.17, 15) is 13.2 Å². The highest BCUT2D eigenvalue weighted by molar-refractivity contribution is 7.99. The third-order valence-corrected chi connectivity index (χ3v) is 3.49. The molecule has 0 aliphatic rings. The molecule has 0 saturated heterocycles. The standard InChI is InChI=1S/C12H12F3N3S/c1-2-3-19-12-6-11(16)18(17-12)10-5-8(14)7(13)4-9(10)15/h4-6H,2-3,16H2,1H3. The Morgan fingerprint density at radius 3 is 2.53 bits per heavy atom. The van der Waals surface area contributed by atoms with Gasteiger partial charge in [-0.15, -0.1) is 11.8 Å². The van der Waals surface area contributed by atoms with Crippen LogP contribution >= 0.6 is 11.8 Å². The van der Waals surface area contributed by atoms with E-state index in [1.54, 1.807) is 6.07 Å². The smallest absolute Gasteiger partial charge is 0.161 e. The number of hydrogen-bond acceptors (Lipinski definition) is 3. The topological polar surface area (TPSA) is 43.8 Å². The second-order valence-corrected chi connectivity index (χ2v) is 5.00. The van der Waals surface area contributed by atoms with Crippen molar-refractivity contribution >= 4 is 17.6 Å². The molecular weight excluding hydrogens is 275 g/mol. The van der Waals surface area contributed by atoms with E-state index >= 15 is 0 Å². The minimum absolute atomic E-state index is 0.170. The number of rotatable bonds is 4. The molecule has 2 aromatic rings. The van der Waals surface area contributed by atoms with Crippen molar-refractivity contribution in [2.75, 3.05) is 11.5 Å². The zero-order chi connectivity index (χ0) is 14.0. The number of hydrogen-bond donors (Lipinski definition) is 1. The average molecular weight is 287 g/mol. The van der Waals surface area contributed by atoms with Crippen LogP contribution in [0.4, 0.5) is 19.0 Å². The number of anilines is 1. The van der Waals surface area contributed by atoms with Crippen LogP contribution in [0, 0.1) is 17.5 Å². The van der Waals surface area contributed by atoms with Crippen molar-refractivity contribution in [2.45, 2.75) is 18.4 Å². The van der Waals surface area contributed by atoms with E-state index in [1.807, 2.05) is 6.92 Å². The summed E-state index contributed by atoms with van der Waals surface area (Å²) in [6.45, 7) is 2.02. The maximum Gasteiger partial charge on any atom is 0.161 e. The minimum Gasteiger partial charge on any atom is -0.384 e. The Bertz CT molecular complexity index is 598. The lowest BCUT2D eigenvalue weighted by Gasteiger charge is -2.06. The zero-order valence-electron chi connectivity index (χ0n) is 10.2. The second-order valence-electron chi connectivity index (χ2n) is 3.89. The summed E-state index contributed by atoms with van der Waals surface area (Å²) in [6, 6.07) is 2.79. The summed E-state index contributed by atoms with van der Waals surface area (Å²) in [7, 11) is 0. The SMILES string of the molecule is CCCSc1cc(N)n(-c2cc(F)c(F)cc2F)n1. The van der Waals surface area contributed by atoms with Gasteiger partial charge in [0.25, 0.3) is 0 Å². The normalized spacial score (nSPS) is 10.9. The molecule has 0 saturated carbocycles. The highest BCUT2D eigenvalue weighted by atomic mass is 32.2. The maximum atomic E-state index is 13.6. The fourth-order valence-electron chi connectivity index (χ4n) is 1.52. The summed E-state index contributed by atoms with van der Waals surface area (Å²) in [5.74, 6) is -2.29. The van der Waals surface area contributed by atoms with Gasteiger partial charge in [0, 0.05) is 18.2 Å². The van der Waals surface area contributed by atoms with Crippen LogP contribution in [0.25, 0.3) is 5.69 Å². The molecule has 2 rings (SSSR count). The predicted molar refractivity (Wildman–Crippen MR) is 68.9 cm³/mol. The maximum absolute atomic E-state index is 13.6. The van der Waals surface area contributed by atoms with Crippen molar-refractivity contribution in [3.63, 3.8) is 0 Å². The summed E-state index contributed by atoms with van der Waals surface area (Å²) >= 11 is 1.46. The number of benzene rings is 1. The van der Waals surface area contributed by atoms with Gasteiger partial charge in [-0.05, 0) is 12.2 Å². The molecule has 102 valence electrons. The summed E-state index contributed by atoms with van der Waals surface area (Å²) in [5, 5.41) is 4.69. The van der Waals surface area contributed by atoms with Crippen molar-refractivity contribution in [1.82, 2.24) is 9.78 Å². The number of nitrogen functional groups attached to an aromatic ring is 1. The van der Waals surface area contributed by atoms with Crippen LogP contribution in [0.3, 0.4) is 0 Å². The molecule has 3 nitrogen and oxygen atoms in total. The first-order valence-corrected chi connectivity index (χ1v) is 6.64. The van der Waals surface area contributed by atoms with Crippen molar-refractivity contribution < 1.29 is 13.2 Å². The molecule has 0 fully saturated rings. The Morgan fingerprint density at radius 1 is 1.16 bits per heavy atom. The molecular formula is C12H12F3N3S. The van der Waals surface area contributed by atoms with E-state index in [1.165, 1.54) is 11.8 Å². The van der Waals surface area contributed by atoms with Crippen molar-refractivity contribution in [3.8, 4) is 5.69 Å². The van der Waals surface area contributed by atoms with Crippen LogP contribution in [-0.4, -0.2) is 15.5 Å². The first-order valence-electron chi connectivity index (χ1n) is 5.66. The molecule has 0 radical (unpaired) electrons. The van der Waals surface area contributed by atoms with Gasteiger partial charge in [0.1, 0.15) is 16.5 Å². The van der Waals surface area contributed by atoms with Crippen LogP contribution in [0.2, 0.25) is 0 Å². The van der Waals surface area contributed by atoms with Gasteiger partial charge in [-0.25, -0.2) is 17.9 Å². The third kappa shape index (κ3) is 2.86. The van der Waals surface area contributed by atoms with Crippen LogP contribution in [0.5, 0.6) is 0 Å². The minimum atomic E-state index is -1.24. The molecule has 0 bridgehead atoms. The number of halogens is 3. The van der Waals surface area contributed by atoms with Crippen molar-refractivity contribution in [2.24, 2.45) is 0 Å². The first-order chi connectivity index (χ1) is 9.02. The van der Waals surface area contributed by atoms with Crippen LogP contribution in [-0.2, 0) is 0 Å². The molecule has 19 heavy (non-hydrogen) atoms. The molecule has 0 amide bonds. The highest BCUT2D eigenvalue weighted by Crippen LogP contribution is 2.25. The Morgan fingerprint density at radius 2 is 1.84 bits per heavy atom. The molecule has 0 aliphatic heterocycles. The van der Waals surface area contributed by atoms with Gasteiger partial charge in [0.2, 0.25) is 0 Å². The lowest BCUT2D eigenvalue weighted by molar-refractivity contribution is 0.491. The van der Waals surface area contributed by atoms with Crippen molar-refractivity contribution in [3.05, 3.63) is 35.7 Å². The fourth-order valence-corrected chi connectivity index (χ4v) is 2.27. The molecule has 7 heteroatoms. The van der Waals surface area contributed by atoms with Crippen molar-refractivity contribution in [1.29, 1.82) is 0 Å². The monoisotopic (exact) mass is 287 g/mol. The second kappa shape index (κ2) is 5.56. The quantitative estimate of drug-likeness (QED) is 0.692. The number of thioether (sulfide) groups is 1. The summed E-state index contributed by atoms with van der Waals surface area (Å²) in [6.07, 6.45) is 0.955. The molecule has 1 aromatic carbocycles. The molecule has 0 atom stereocenters. The van der Waals surface area contributed by atoms with Gasteiger partial charge < -0.3 is 5.73 Å². The largest absolute Gasteiger partial charge is 0.384 e. The Kier molecular flexibility index (Phi) is 4.04. The van der Waals surface area contributed by atoms with E-state index in [2.05, 4.69) is 5.10 Å². The summed E-state index contributed by atoms with van der Waals surface area (Å²) in [4.78, 5) is 0. The lowest BCUT2D eigenvalue weighted by Crippen LogP contribution is -2.05. The van der Waals surface area contributed by atoms with Gasteiger partial charge in [0.05, 0.1) is 0 Å². The Hall–Kier alpha value is -1.63. The third-order valence-electron chi connectivity index (χ3n) is 2.39. The first kappa shape index (κ1) is 13.8. The Balaban J connectivity index is 2.41. The van der Waals surface area contributed by atoms with Gasteiger partial charge in [0.15, 0.2) is 17.5 Å². The van der Waals surface area contributed by atoms with Crippen LogP contribution in [0.15, 0.2) is 23.2 Å². The van der Waals surface area contributed by atoms with E-state index in [-0.39, 0.29) is 11.5 Å². The van der Waals surface area contributed by atoms with E-state index in [4.69, 9.17) is 5.73 Å². The van der Waals surface area contributed by atoms with Gasteiger partial charge in [-0.1, -0.05) is 6.92 Å².